The fraction of sp³-hybridized carbons (Fsp3) is 0.529. The largest absolute Gasteiger partial charge is 0.387 e. The van der Waals surface area contributed by atoms with E-state index < -0.39 is 11.6 Å². The number of carbonyl (C=O) groups excluding carboxylic acids is 1. The van der Waals surface area contributed by atoms with Crippen molar-refractivity contribution in [2.75, 3.05) is 20.1 Å². The molecular weight excluding hydrogens is 297 g/mol. The van der Waals surface area contributed by atoms with Crippen molar-refractivity contribution in [2.24, 2.45) is 5.92 Å². The summed E-state index contributed by atoms with van der Waals surface area (Å²) in [5, 5.41) is 22.2. The fourth-order valence-electron chi connectivity index (χ4n) is 2.61. The summed E-state index contributed by atoms with van der Waals surface area (Å²) in [6.07, 6.45) is 1.12. The first kappa shape index (κ1) is 17.4. The predicted octanol–water partition coefficient (Wildman–Crippen LogP) is 1.60. The van der Waals surface area contributed by atoms with E-state index in [1.165, 1.54) is 24.3 Å². The molecule has 0 aromatic heterocycles. The second-order valence-electron chi connectivity index (χ2n) is 6.40. The van der Waals surface area contributed by atoms with Gasteiger partial charge in [-0.2, -0.15) is 5.26 Å². The van der Waals surface area contributed by atoms with Gasteiger partial charge in [0.1, 0.15) is 11.4 Å². The summed E-state index contributed by atoms with van der Waals surface area (Å²) >= 11 is 0. The van der Waals surface area contributed by atoms with Crippen LogP contribution < -0.4 is 5.32 Å². The van der Waals surface area contributed by atoms with Crippen molar-refractivity contribution in [1.82, 2.24) is 10.2 Å². The lowest BCUT2D eigenvalue weighted by Crippen LogP contribution is -2.50. The second kappa shape index (κ2) is 7.07. The predicted molar refractivity (Wildman–Crippen MR) is 83.7 cm³/mol. The number of amides is 1. The molecule has 124 valence electrons. The van der Waals surface area contributed by atoms with Gasteiger partial charge in [0.15, 0.2) is 0 Å². The molecule has 0 radical (unpaired) electrons. The number of nitrogens with zero attached hydrogens (tertiary/aromatic N) is 2. The molecule has 2 rings (SSSR count). The zero-order valence-corrected chi connectivity index (χ0v) is 13.4. The summed E-state index contributed by atoms with van der Waals surface area (Å²) in [5.74, 6) is -0.370. The Kier molecular flexibility index (Phi) is 5.34. The van der Waals surface area contributed by atoms with Crippen molar-refractivity contribution in [3.05, 3.63) is 35.6 Å². The molecule has 0 heterocycles. The van der Waals surface area contributed by atoms with Crippen molar-refractivity contribution in [1.29, 1.82) is 5.26 Å². The molecule has 0 spiro atoms. The molecule has 1 aliphatic rings. The summed E-state index contributed by atoms with van der Waals surface area (Å²) in [6.45, 7) is 2.07. The van der Waals surface area contributed by atoms with E-state index in [0.29, 0.717) is 5.56 Å². The minimum absolute atomic E-state index is 0.0856. The monoisotopic (exact) mass is 319 g/mol. The van der Waals surface area contributed by atoms with Crippen LogP contribution in [0.3, 0.4) is 0 Å². The van der Waals surface area contributed by atoms with E-state index in [-0.39, 0.29) is 30.7 Å². The molecular formula is C17H22FN3O2. The summed E-state index contributed by atoms with van der Waals surface area (Å²) in [7, 11) is 1.72. The van der Waals surface area contributed by atoms with E-state index in [0.717, 1.165) is 12.8 Å². The van der Waals surface area contributed by atoms with Gasteiger partial charge in [0.2, 0.25) is 5.91 Å². The van der Waals surface area contributed by atoms with Crippen LogP contribution in [0.15, 0.2) is 24.3 Å². The number of halogens is 1. The molecule has 2 atom stereocenters. The van der Waals surface area contributed by atoms with Crippen molar-refractivity contribution in [3.8, 4) is 6.07 Å². The number of carbonyl (C=O) groups is 1. The van der Waals surface area contributed by atoms with Crippen LogP contribution in [0.1, 0.15) is 31.4 Å². The SMILES string of the molecule is CN(CC(=O)NC(C)(C#N)C1CC1)CC(O)c1ccc(F)cc1. The maximum absolute atomic E-state index is 12.9. The Morgan fingerprint density at radius 1 is 1.52 bits per heavy atom. The van der Waals surface area contributed by atoms with Gasteiger partial charge in [-0.15, -0.1) is 0 Å². The van der Waals surface area contributed by atoms with E-state index in [1.54, 1.807) is 18.9 Å². The number of likely N-dealkylation sites (N-methyl/N-ethyl adjacent to an activating group) is 1. The molecule has 1 aliphatic carbocycles. The number of hydrogen-bond acceptors (Lipinski definition) is 4. The Balaban J connectivity index is 1.84. The van der Waals surface area contributed by atoms with E-state index in [1.807, 2.05) is 0 Å². The summed E-state index contributed by atoms with van der Waals surface area (Å²) < 4.78 is 12.9. The van der Waals surface area contributed by atoms with Gasteiger partial charge in [-0.05, 0) is 50.4 Å². The highest BCUT2D eigenvalue weighted by Crippen LogP contribution is 2.39. The van der Waals surface area contributed by atoms with Crippen LogP contribution in [0.5, 0.6) is 0 Å². The maximum atomic E-state index is 12.9. The zero-order valence-electron chi connectivity index (χ0n) is 13.4. The molecule has 2 unspecified atom stereocenters. The molecule has 1 aromatic rings. The number of nitriles is 1. The highest BCUT2D eigenvalue weighted by molar-refractivity contribution is 5.79. The minimum atomic E-state index is -0.812. The summed E-state index contributed by atoms with van der Waals surface area (Å²) in [5.41, 5.74) is -0.216. The number of hydrogen-bond donors (Lipinski definition) is 2. The first-order chi connectivity index (χ1) is 10.8. The Morgan fingerprint density at radius 2 is 2.13 bits per heavy atom. The first-order valence-corrected chi connectivity index (χ1v) is 7.68. The summed E-state index contributed by atoms with van der Waals surface area (Å²) in [6, 6.07) is 7.81. The Bertz CT molecular complexity index is 595. The topological polar surface area (TPSA) is 76.4 Å². The summed E-state index contributed by atoms with van der Waals surface area (Å²) in [4.78, 5) is 13.8. The number of aliphatic hydroxyl groups is 1. The van der Waals surface area contributed by atoms with E-state index in [2.05, 4.69) is 11.4 Å². The van der Waals surface area contributed by atoms with Gasteiger partial charge in [0.05, 0.1) is 18.7 Å². The molecule has 6 heteroatoms. The fourth-order valence-corrected chi connectivity index (χ4v) is 2.61. The molecule has 23 heavy (non-hydrogen) atoms. The van der Waals surface area contributed by atoms with Crippen molar-refractivity contribution in [2.45, 2.75) is 31.4 Å². The molecule has 1 saturated carbocycles. The Hall–Kier alpha value is -1.97. The lowest BCUT2D eigenvalue weighted by atomic mass is 9.98. The standard InChI is InChI=1S/C17H22FN3O2/c1-17(11-19,13-5-6-13)20-16(23)10-21(2)9-15(22)12-3-7-14(18)8-4-12/h3-4,7-8,13,15,22H,5-6,9-10H2,1-2H3,(H,20,23). The third-order valence-corrected chi connectivity index (χ3v) is 4.18. The number of benzene rings is 1. The molecule has 0 bridgehead atoms. The van der Waals surface area contributed by atoms with Gasteiger partial charge in [0.25, 0.3) is 0 Å². The normalized spacial score (nSPS) is 18.1. The lowest BCUT2D eigenvalue weighted by molar-refractivity contribution is -0.123. The van der Waals surface area contributed by atoms with Gasteiger partial charge < -0.3 is 10.4 Å². The molecule has 5 nitrogen and oxygen atoms in total. The highest BCUT2D eigenvalue weighted by Gasteiger charge is 2.43. The average molecular weight is 319 g/mol. The van der Waals surface area contributed by atoms with E-state index in [4.69, 9.17) is 0 Å². The Morgan fingerprint density at radius 3 is 2.65 bits per heavy atom. The number of nitrogens with one attached hydrogen (secondary N) is 1. The van der Waals surface area contributed by atoms with Crippen molar-refractivity contribution >= 4 is 5.91 Å². The third kappa shape index (κ3) is 4.75. The van der Waals surface area contributed by atoms with Gasteiger partial charge in [-0.25, -0.2) is 4.39 Å². The van der Waals surface area contributed by atoms with Crippen LogP contribution in [0.25, 0.3) is 0 Å². The Labute approximate surface area is 135 Å². The van der Waals surface area contributed by atoms with Crippen LogP contribution in [-0.4, -0.2) is 41.6 Å². The molecule has 2 N–H and O–H groups in total. The third-order valence-electron chi connectivity index (χ3n) is 4.18. The lowest BCUT2D eigenvalue weighted by Gasteiger charge is -2.25. The number of aliphatic hydroxyl groups excluding tert-OH is 1. The molecule has 1 fully saturated rings. The van der Waals surface area contributed by atoms with Gasteiger partial charge >= 0.3 is 0 Å². The first-order valence-electron chi connectivity index (χ1n) is 7.68. The van der Waals surface area contributed by atoms with Crippen LogP contribution >= 0.6 is 0 Å². The number of rotatable bonds is 7. The molecule has 1 amide bonds. The molecule has 1 aromatic carbocycles. The van der Waals surface area contributed by atoms with Crippen molar-refractivity contribution < 1.29 is 14.3 Å². The quantitative estimate of drug-likeness (QED) is 0.800. The van der Waals surface area contributed by atoms with Gasteiger partial charge in [-0.1, -0.05) is 12.1 Å². The van der Waals surface area contributed by atoms with E-state index in [9.17, 15) is 19.6 Å². The average Bonchev–Trinajstić information content (AvgIpc) is 3.32. The van der Waals surface area contributed by atoms with Crippen LogP contribution in [0.2, 0.25) is 0 Å². The van der Waals surface area contributed by atoms with Crippen LogP contribution in [0.4, 0.5) is 4.39 Å². The van der Waals surface area contributed by atoms with Crippen LogP contribution in [0, 0.1) is 23.1 Å². The molecule has 0 aliphatic heterocycles. The van der Waals surface area contributed by atoms with Crippen LogP contribution in [-0.2, 0) is 4.79 Å². The molecule has 0 saturated heterocycles. The maximum Gasteiger partial charge on any atom is 0.235 e. The smallest absolute Gasteiger partial charge is 0.235 e. The zero-order chi connectivity index (χ0) is 17.0. The minimum Gasteiger partial charge on any atom is -0.387 e. The van der Waals surface area contributed by atoms with Gasteiger partial charge in [-0.3, -0.25) is 9.69 Å². The van der Waals surface area contributed by atoms with Gasteiger partial charge in [0, 0.05) is 6.54 Å². The highest BCUT2D eigenvalue weighted by atomic mass is 19.1. The van der Waals surface area contributed by atoms with E-state index >= 15 is 0 Å². The van der Waals surface area contributed by atoms with Crippen molar-refractivity contribution in [3.63, 3.8) is 0 Å². The second-order valence-corrected chi connectivity index (χ2v) is 6.40.